The van der Waals surface area contributed by atoms with Crippen molar-refractivity contribution in [2.45, 2.75) is 48.0 Å². The van der Waals surface area contributed by atoms with Gasteiger partial charge in [-0.2, -0.15) is 4.57 Å². The Morgan fingerprint density at radius 2 is 1.80 bits per heavy atom. The maximum absolute atomic E-state index is 6.47. The van der Waals surface area contributed by atoms with E-state index in [2.05, 4.69) is 89.6 Å². The third kappa shape index (κ3) is 2.79. The van der Waals surface area contributed by atoms with Gasteiger partial charge in [0.2, 0.25) is 5.52 Å². The SMILES string of the molecule is Cc1cc2c3c(c(C)c(C)cc3c1)-c1c(nc3c(CC(C)(C)C)cccc3[n+]1C)O2. The molecule has 5 rings (SSSR count). The Labute approximate surface area is 178 Å². The van der Waals surface area contributed by atoms with Crippen molar-refractivity contribution >= 4 is 21.8 Å². The van der Waals surface area contributed by atoms with E-state index in [1.54, 1.807) is 0 Å². The van der Waals surface area contributed by atoms with E-state index in [1.165, 1.54) is 38.6 Å². The van der Waals surface area contributed by atoms with Gasteiger partial charge in [-0.1, -0.05) is 45.0 Å². The van der Waals surface area contributed by atoms with Crippen LogP contribution in [0.1, 0.15) is 43.0 Å². The molecule has 0 amide bonds. The summed E-state index contributed by atoms with van der Waals surface area (Å²) in [6, 6.07) is 13.2. The molecule has 0 fully saturated rings. The van der Waals surface area contributed by atoms with Crippen LogP contribution in [0.25, 0.3) is 33.1 Å². The molecular weight excluding hydrogens is 368 g/mol. The summed E-state index contributed by atoms with van der Waals surface area (Å²) in [5, 5.41) is 2.43. The maximum atomic E-state index is 6.47. The fraction of sp³-hybridized carbons (Fsp3) is 0.333. The summed E-state index contributed by atoms with van der Waals surface area (Å²) in [7, 11) is 2.14. The molecule has 4 aromatic rings. The lowest BCUT2D eigenvalue weighted by Gasteiger charge is -2.23. The van der Waals surface area contributed by atoms with Crippen molar-refractivity contribution in [2.75, 3.05) is 0 Å². The summed E-state index contributed by atoms with van der Waals surface area (Å²) in [4.78, 5) is 5.10. The lowest BCUT2D eigenvalue weighted by atomic mass is 9.87. The van der Waals surface area contributed by atoms with Crippen LogP contribution in [0, 0.1) is 26.2 Å². The van der Waals surface area contributed by atoms with E-state index in [1.807, 2.05) is 0 Å². The topological polar surface area (TPSA) is 26.0 Å². The molecule has 30 heavy (non-hydrogen) atoms. The average molecular weight is 398 g/mol. The van der Waals surface area contributed by atoms with Crippen LogP contribution in [0.4, 0.5) is 0 Å². The zero-order valence-corrected chi connectivity index (χ0v) is 19.0. The van der Waals surface area contributed by atoms with Gasteiger partial charge in [0.25, 0.3) is 11.6 Å². The van der Waals surface area contributed by atoms with Crippen molar-refractivity contribution in [3.8, 4) is 22.9 Å². The van der Waals surface area contributed by atoms with Crippen LogP contribution in [-0.4, -0.2) is 4.98 Å². The van der Waals surface area contributed by atoms with E-state index < -0.39 is 0 Å². The van der Waals surface area contributed by atoms with Crippen LogP contribution in [-0.2, 0) is 13.5 Å². The van der Waals surface area contributed by atoms with Crippen molar-refractivity contribution in [1.82, 2.24) is 4.98 Å². The maximum Gasteiger partial charge on any atom is 0.294 e. The zero-order chi connectivity index (χ0) is 21.4. The van der Waals surface area contributed by atoms with Gasteiger partial charge in [0.1, 0.15) is 18.3 Å². The summed E-state index contributed by atoms with van der Waals surface area (Å²) in [6.07, 6.45) is 0.972. The molecule has 0 bridgehead atoms. The van der Waals surface area contributed by atoms with Gasteiger partial charge in [-0.25, -0.2) is 4.98 Å². The van der Waals surface area contributed by atoms with Gasteiger partial charge in [-0.3, -0.25) is 0 Å². The lowest BCUT2D eigenvalue weighted by Crippen LogP contribution is -2.34. The van der Waals surface area contributed by atoms with E-state index in [0.717, 1.165) is 28.9 Å². The molecule has 2 heterocycles. The van der Waals surface area contributed by atoms with Crippen molar-refractivity contribution in [3.63, 3.8) is 0 Å². The molecule has 1 aliphatic heterocycles. The molecule has 3 aromatic carbocycles. The van der Waals surface area contributed by atoms with Crippen molar-refractivity contribution in [3.05, 3.63) is 58.7 Å². The van der Waals surface area contributed by atoms with Gasteiger partial charge in [-0.05, 0) is 66.3 Å². The van der Waals surface area contributed by atoms with E-state index in [0.29, 0.717) is 5.88 Å². The highest BCUT2D eigenvalue weighted by molar-refractivity contribution is 6.05. The number of hydrogen-bond donors (Lipinski definition) is 0. The van der Waals surface area contributed by atoms with Crippen molar-refractivity contribution < 1.29 is 9.30 Å². The molecule has 0 saturated carbocycles. The number of fused-ring (bicyclic) bond motifs is 3. The Morgan fingerprint density at radius 3 is 2.53 bits per heavy atom. The summed E-state index contributed by atoms with van der Waals surface area (Å²) >= 11 is 0. The number of benzene rings is 3. The second-order valence-corrected chi connectivity index (χ2v) is 10.0. The van der Waals surface area contributed by atoms with Gasteiger partial charge in [-0.15, -0.1) is 0 Å². The third-order valence-electron chi connectivity index (χ3n) is 6.24. The van der Waals surface area contributed by atoms with E-state index in [4.69, 9.17) is 9.72 Å². The van der Waals surface area contributed by atoms with E-state index in [-0.39, 0.29) is 5.41 Å². The molecule has 0 atom stereocenters. The minimum atomic E-state index is 0.189. The Morgan fingerprint density at radius 1 is 1.03 bits per heavy atom. The van der Waals surface area contributed by atoms with Crippen LogP contribution < -0.4 is 9.30 Å². The lowest BCUT2D eigenvalue weighted by molar-refractivity contribution is -0.634. The van der Waals surface area contributed by atoms with Crippen molar-refractivity contribution in [1.29, 1.82) is 0 Å². The van der Waals surface area contributed by atoms with Crippen LogP contribution >= 0.6 is 0 Å². The number of aromatic nitrogens is 2. The molecule has 3 nitrogen and oxygen atoms in total. The molecule has 3 heteroatoms. The minimum Gasteiger partial charge on any atom is -0.433 e. The van der Waals surface area contributed by atoms with Gasteiger partial charge in [0, 0.05) is 11.5 Å². The fourth-order valence-electron chi connectivity index (χ4n) is 4.82. The quantitative estimate of drug-likeness (QED) is 0.302. The fourth-order valence-corrected chi connectivity index (χ4v) is 4.82. The molecule has 0 saturated heterocycles. The summed E-state index contributed by atoms with van der Waals surface area (Å²) < 4.78 is 8.74. The standard InChI is InChI=1S/C27H29N2O/c1-15-11-19-13-16(2)17(3)22-23(19)21(12-15)30-26-25(22)29(7)20-10-8-9-18(24(20)28-26)14-27(4,5)6/h8-13H,14H2,1-7H3/q+1. The van der Waals surface area contributed by atoms with Gasteiger partial charge in [0.15, 0.2) is 0 Å². The van der Waals surface area contributed by atoms with Crippen LogP contribution in [0.5, 0.6) is 11.6 Å². The van der Waals surface area contributed by atoms with E-state index in [9.17, 15) is 0 Å². The molecule has 0 N–H and O–H groups in total. The average Bonchev–Trinajstić information content (AvgIpc) is 2.64. The number of aryl methyl sites for hydroxylation is 3. The van der Waals surface area contributed by atoms with Crippen molar-refractivity contribution in [2.24, 2.45) is 12.5 Å². The van der Waals surface area contributed by atoms with Crippen LogP contribution in [0.2, 0.25) is 0 Å². The Bertz CT molecular complexity index is 1360. The molecule has 0 radical (unpaired) electrons. The summed E-state index contributed by atoms with van der Waals surface area (Å²) in [6.45, 7) is 13.3. The molecule has 0 spiro atoms. The third-order valence-corrected chi connectivity index (χ3v) is 6.24. The minimum absolute atomic E-state index is 0.189. The number of hydrogen-bond acceptors (Lipinski definition) is 2. The normalized spacial score (nSPS) is 12.9. The summed E-state index contributed by atoms with van der Waals surface area (Å²) in [5.41, 5.74) is 9.74. The van der Waals surface area contributed by atoms with Gasteiger partial charge < -0.3 is 4.74 Å². The molecule has 1 aliphatic rings. The molecule has 0 aliphatic carbocycles. The smallest absolute Gasteiger partial charge is 0.294 e. The first-order chi connectivity index (χ1) is 14.1. The largest absolute Gasteiger partial charge is 0.433 e. The number of nitrogens with zero attached hydrogens (tertiary/aromatic N) is 2. The predicted octanol–water partition coefficient (Wildman–Crippen LogP) is 6.50. The molecular formula is C27H29N2O+. The Hall–Kier alpha value is -2.94. The summed E-state index contributed by atoms with van der Waals surface area (Å²) in [5.74, 6) is 1.62. The van der Waals surface area contributed by atoms with Crippen LogP contribution in [0.15, 0.2) is 36.4 Å². The predicted molar refractivity (Wildman–Crippen MR) is 123 cm³/mol. The van der Waals surface area contributed by atoms with Gasteiger partial charge in [0.05, 0.1) is 5.56 Å². The Kier molecular flexibility index (Phi) is 3.99. The number of para-hydroxylation sites is 1. The molecule has 152 valence electrons. The first-order valence-electron chi connectivity index (χ1n) is 10.7. The zero-order valence-electron chi connectivity index (χ0n) is 19.0. The first kappa shape index (κ1) is 19.0. The van der Waals surface area contributed by atoms with E-state index >= 15 is 0 Å². The second kappa shape index (κ2) is 6.28. The first-order valence-corrected chi connectivity index (χ1v) is 10.7. The molecule has 1 aromatic heterocycles. The highest BCUT2D eigenvalue weighted by Crippen LogP contribution is 2.47. The number of rotatable bonds is 1. The highest BCUT2D eigenvalue weighted by Gasteiger charge is 2.33. The number of ether oxygens (including phenoxy) is 1. The highest BCUT2D eigenvalue weighted by atomic mass is 16.5. The van der Waals surface area contributed by atoms with Gasteiger partial charge >= 0.3 is 0 Å². The Balaban J connectivity index is 1.90. The monoisotopic (exact) mass is 397 g/mol. The second-order valence-electron chi connectivity index (χ2n) is 10.0. The van der Waals surface area contributed by atoms with Crippen LogP contribution in [0.3, 0.4) is 0 Å². The molecule has 0 unspecified atom stereocenters.